The molecule has 156 valence electrons. The highest BCUT2D eigenvalue weighted by molar-refractivity contribution is 5.70. The van der Waals surface area contributed by atoms with Gasteiger partial charge in [-0.1, -0.05) is 12.1 Å². The van der Waals surface area contributed by atoms with Crippen molar-refractivity contribution in [2.75, 3.05) is 35.7 Å². The van der Waals surface area contributed by atoms with Crippen LogP contribution in [0.5, 0.6) is 5.75 Å². The smallest absolute Gasteiger partial charge is 0.229 e. The van der Waals surface area contributed by atoms with Crippen LogP contribution in [0.25, 0.3) is 11.3 Å². The first-order chi connectivity index (χ1) is 15.2. The summed E-state index contributed by atoms with van der Waals surface area (Å²) >= 11 is 0. The van der Waals surface area contributed by atoms with Crippen LogP contribution in [-0.2, 0) is 0 Å². The average molecular weight is 418 g/mol. The van der Waals surface area contributed by atoms with Gasteiger partial charge in [-0.2, -0.15) is 4.98 Å². The number of anilines is 5. The molecule has 0 saturated heterocycles. The number of rotatable bonds is 5. The molecule has 2 aromatic carbocycles. The highest BCUT2D eigenvalue weighted by Crippen LogP contribution is 2.34. The standard InChI is InChI=1S/C22H19FN6O2/c1-29-7-8-30-19-6-5-16(10-18(19)29)26-21-17(23)11-25-22(28-21)27-15-4-2-3-14(9-15)20-12-24-13-31-20/h2-6,9-13H,7-8H2,1H3,(H2,25,26,27,28). The monoisotopic (exact) mass is 418 g/mol. The minimum Gasteiger partial charge on any atom is -0.490 e. The maximum absolute atomic E-state index is 14.4. The van der Waals surface area contributed by atoms with Gasteiger partial charge in [0.15, 0.2) is 23.8 Å². The lowest BCUT2D eigenvalue weighted by Crippen LogP contribution is -2.28. The van der Waals surface area contributed by atoms with Gasteiger partial charge < -0.3 is 24.7 Å². The summed E-state index contributed by atoms with van der Waals surface area (Å²) in [6, 6.07) is 13.1. The molecule has 0 bridgehead atoms. The zero-order chi connectivity index (χ0) is 21.2. The second-order valence-electron chi connectivity index (χ2n) is 7.04. The molecule has 5 rings (SSSR count). The summed E-state index contributed by atoms with van der Waals surface area (Å²) in [6.07, 6.45) is 4.14. The molecule has 4 aromatic rings. The molecule has 0 aliphatic carbocycles. The van der Waals surface area contributed by atoms with E-state index in [1.165, 1.54) is 6.39 Å². The van der Waals surface area contributed by atoms with Crippen molar-refractivity contribution in [1.82, 2.24) is 15.0 Å². The second kappa shape index (κ2) is 7.94. The van der Waals surface area contributed by atoms with Crippen LogP contribution < -0.4 is 20.3 Å². The molecule has 8 nitrogen and oxygen atoms in total. The fourth-order valence-electron chi connectivity index (χ4n) is 3.32. The maximum Gasteiger partial charge on any atom is 0.229 e. The Labute approximate surface area is 177 Å². The number of aromatic nitrogens is 3. The summed E-state index contributed by atoms with van der Waals surface area (Å²) in [5.41, 5.74) is 3.22. The Morgan fingerprint density at radius 1 is 1.06 bits per heavy atom. The van der Waals surface area contributed by atoms with Gasteiger partial charge in [0, 0.05) is 24.0 Å². The summed E-state index contributed by atoms with van der Waals surface area (Å²) in [6.45, 7) is 1.43. The number of oxazole rings is 1. The number of nitrogens with one attached hydrogen (secondary N) is 2. The van der Waals surface area contributed by atoms with Crippen molar-refractivity contribution >= 4 is 28.8 Å². The fourth-order valence-corrected chi connectivity index (χ4v) is 3.32. The van der Waals surface area contributed by atoms with Crippen LogP contribution in [0.2, 0.25) is 0 Å². The molecule has 1 aliphatic rings. The van der Waals surface area contributed by atoms with Crippen molar-refractivity contribution in [2.45, 2.75) is 0 Å². The van der Waals surface area contributed by atoms with E-state index in [1.54, 1.807) is 6.20 Å². The number of likely N-dealkylation sites (N-methyl/N-ethyl adjacent to an activating group) is 1. The molecule has 0 radical (unpaired) electrons. The lowest BCUT2D eigenvalue weighted by Gasteiger charge is -2.28. The topological polar surface area (TPSA) is 88.3 Å². The van der Waals surface area contributed by atoms with Crippen LogP contribution in [0.15, 0.2) is 65.7 Å². The number of ether oxygens (including phenoxy) is 1. The van der Waals surface area contributed by atoms with E-state index in [1.807, 2.05) is 49.5 Å². The van der Waals surface area contributed by atoms with Gasteiger partial charge in [-0.05, 0) is 30.3 Å². The molecule has 2 aromatic heterocycles. The predicted octanol–water partition coefficient (Wildman–Crippen LogP) is 4.59. The van der Waals surface area contributed by atoms with Crippen molar-refractivity contribution in [1.29, 1.82) is 0 Å². The van der Waals surface area contributed by atoms with Crippen LogP contribution in [0.3, 0.4) is 0 Å². The van der Waals surface area contributed by atoms with Gasteiger partial charge in [-0.25, -0.2) is 14.4 Å². The largest absolute Gasteiger partial charge is 0.490 e. The van der Waals surface area contributed by atoms with Crippen molar-refractivity contribution in [3.8, 4) is 17.1 Å². The summed E-state index contributed by atoms with van der Waals surface area (Å²) in [4.78, 5) is 14.4. The van der Waals surface area contributed by atoms with E-state index in [4.69, 9.17) is 9.15 Å². The van der Waals surface area contributed by atoms with Gasteiger partial charge in [-0.3, -0.25) is 0 Å². The van der Waals surface area contributed by atoms with Gasteiger partial charge in [0.05, 0.1) is 24.6 Å². The molecule has 0 saturated carbocycles. The van der Waals surface area contributed by atoms with E-state index >= 15 is 0 Å². The Hall–Kier alpha value is -4.14. The molecule has 1 aliphatic heterocycles. The van der Waals surface area contributed by atoms with Crippen LogP contribution in [0.1, 0.15) is 0 Å². The Morgan fingerprint density at radius 3 is 2.84 bits per heavy atom. The van der Waals surface area contributed by atoms with Crippen molar-refractivity contribution in [3.05, 3.63) is 67.1 Å². The maximum atomic E-state index is 14.4. The third kappa shape index (κ3) is 3.97. The van der Waals surface area contributed by atoms with E-state index in [2.05, 4.69) is 30.5 Å². The quantitative estimate of drug-likeness (QED) is 0.487. The molecule has 0 fully saturated rings. The minimum absolute atomic E-state index is 0.0724. The number of hydrogen-bond donors (Lipinski definition) is 2. The highest BCUT2D eigenvalue weighted by atomic mass is 19.1. The predicted molar refractivity (Wildman–Crippen MR) is 116 cm³/mol. The number of hydrogen-bond acceptors (Lipinski definition) is 8. The van der Waals surface area contributed by atoms with E-state index in [0.29, 0.717) is 18.1 Å². The molecular weight excluding hydrogens is 399 g/mol. The molecule has 3 heterocycles. The zero-order valence-corrected chi connectivity index (χ0v) is 16.7. The van der Waals surface area contributed by atoms with Crippen LogP contribution in [-0.4, -0.2) is 35.2 Å². The van der Waals surface area contributed by atoms with Crippen molar-refractivity contribution in [3.63, 3.8) is 0 Å². The SMILES string of the molecule is CN1CCOc2ccc(Nc3nc(Nc4cccc(-c5cnco5)c4)ncc3F)cc21. The van der Waals surface area contributed by atoms with Crippen molar-refractivity contribution in [2.24, 2.45) is 0 Å². The van der Waals surface area contributed by atoms with Crippen molar-refractivity contribution < 1.29 is 13.5 Å². The second-order valence-corrected chi connectivity index (χ2v) is 7.04. The lowest BCUT2D eigenvalue weighted by molar-refractivity contribution is 0.311. The van der Waals surface area contributed by atoms with Crippen LogP contribution in [0.4, 0.5) is 33.2 Å². The van der Waals surface area contributed by atoms with E-state index in [9.17, 15) is 4.39 Å². The Morgan fingerprint density at radius 2 is 1.97 bits per heavy atom. The molecule has 0 unspecified atom stereocenters. The molecule has 0 atom stereocenters. The summed E-state index contributed by atoms with van der Waals surface area (Å²) in [5.74, 6) is 1.23. The Kier molecular flexibility index (Phi) is 4.83. The highest BCUT2D eigenvalue weighted by Gasteiger charge is 2.16. The minimum atomic E-state index is -0.553. The molecular formula is C22H19FN6O2. The van der Waals surface area contributed by atoms with E-state index in [0.717, 1.165) is 35.4 Å². The van der Waals surface area contributed by atoms with Gasteiger partial charge in [0.1, 0.15) is 12.4 Å². The summed E-state index contributed by atoms with van der Waals surface area (Å²) in [5, 5.41) is 6.13. The Bertz CT molecular complexity index is 1210. The first kappa shape index (κ1) is 18.9. The number of benzene rings is 2. The number of nitrogens with zero attached hydrogens (tertiary/aromatic N) is 4. The first-order valence-electron chi connectivity index (χ1n) is 9.69. The normalized spacial score (nSPS) is 12.8. The van der Waals surface area contributed by atoms with E-state index < -0.39 is 5.82 Å². The molecule has 31 heavy (non-hydrogen) atoms. The third-order valence-electron chi connectivity index (χ3n) is 4.90. The summed E-state index contributed by atoms with van der Waals surface area (Å²) in [7, 11) is 1.99. The molecule has 0 spiro atoms. The molecule has 2 N–H and O–H groups in total. The van der Waals surface area contributed by atoms with Gasteiger partial charge in [0.2, 0.25) is 5.95 Å². The lowest BCUT2D eigenvalue weighted by atomic mass is 10.1. The first-order valence-corrected chi connectivity index (χ1v) is 9.69. The van der Waals surface area contributed by atoms with E-state index in [-0.39, 0.29) is 11.8 Å². The number of halogens is 1. The van der Waals surface area contributed by atoms with Gasteiger partial charge in [0.25, 0.3) is 0 Å². The molecule has 9 heteroatoms. The summed E-state index contributed by atoms with van der Waals surface area (Å²) < 4.78 is 25.4. The van der Waals surface area contributed by atoms with Crippen LogP contribution in [0, 0.1) is 5.82 Å². The van der Waals surface area contributed by atoms with Gasteiger partial charge in [-0.15, -0.1) is 0 Å². The number of fused-ring (bicyclic) bond motifs is 1. The molecule has 0 amide bonds. The third-order valence-corrected chi connectivity index (χ3v) is 4.90. The zero-order valence-electron chi connectivity index (χ0n) is 16.7. The fraction of sp³-hybridized carbons (Fsp3) is 0.136. The van der Waals surface area contributed by atoms with Crippen LogP contribution >= 0.6 is 0 Å². The van der Waals surface area contributed by atoms with Gasteiger partial charge >= 0.3 is 0 Å². The average Bonchev–Trinajstić information content (AvgIpc) is 3.32. The Balaban J connectivity index is 1.38.